The van der Waals surface area contributed by atoms with Crippen molar-refractivity contribution in [3.05, 3.63) is 59.9 Å². The van der Waals surface area contributed by atoms with Gasteiger partial charge in [0.15, 0.2) is 0 Å². The summed E-state index contributed by atoms with van der Waals surface area (Å²) in [6.45, 7) is 1.52. The molecule has 1 amide bonds. The van der Waals surface area contributed by atoms with Crippen LogP contribution in [0.5, 0.6) is 0 Å². The zero-order valence-corrected chi connectivity index (χ0v) is 15.6. The molecule has 0 saturated heterocycles. The molecule has 7 nitrogen and oxygen atoms in total. The Morgan fingerprint density at radius 2 is 1.67 bits per heavy atom. The van der Waals surface area contributed by atoms with Gasteiger partial charge < -0.3 is 10.1 Å². The number of benzene rings is 2. The predicted octanol–water partition coefficient (Wildman–Crippen LogP) is 2.26. The third-order valence-electron chi connectivity index (χ3n) is 3.57. The lowest BCUT2D eigenvalue weighted by atomic mass is 10.2. The normalized spacial score (nSPS) is 11.3. The molecule has 2 aromatic carbocycles. The molecule has 0 saturated carbocycles. The molecule has 1 N–H and O–H groups in total. The summed E-state index contributed by atoms with van der Waals surface area (Å²) < 4.78 is 43.4. The van der Waals surface area contributed by atoms with Crippen LogP contribution in [0.25, 0.3) is 0 Å². The monoisotopic (exact) mass is 394 g/mol. The number of hydrogen-bond acceptors (Lipinski definition) is 5. The van der Waals surface area contributed by atoms with Gasteiger partial charge in [0.05, 0.1) is 23.6 Å². The average Bonchev–Trinajstić information content (AvgIpc) is 2.62. The number of hydrogen-bond donors (Lipinski definition) is 1. The standard InChI is InChI=1S/C18H19FN2O5S/c1-3-26-18(23)13-4-8-15(9-5-13)20-17(22)12-21(2)27(24,25)16-10-6-14(19)7-11-16/h4-11H,3,12H2,1-2H3,(H,20,22). The number of carbonyl (C=O) groups is 2. The summed E-state index contributed by atoms with van der Waals surface area (Å²) in [5, 5.41) is 2.55. The predicted molar refractivity (Wildman–Crippen MR) is 97.2 cm³/mol. The van der Waals surface area contributed by atoms with E-state index in [1.807, 2.05) is 0 Å². The molecule has 0 heterocycles. The van der Waals surface area contributed by atoms with E-state index in [0.29, 0.717) is 11.3 Å². The second-order valence-electron chi connectivity index (χ2n) is 5.56. The number of sulfonamides is 1. The molecule has 9 heteroatoms. The number of anilines is 1. The van der Waals surface area contributed by atoms with Crippen molar-refractivity contribution in [3.8, 4) is 0 Å². The van der Waals surface area contributed by atoms with Crippen LogP contribution in [0.15, 0.2) is 53.4 Å². The first kappa shape index (κ1) is 20.5. The fourth-order valence-corrected chi connectivity index (χ4v) is 3.31. The lowest BCUT2D eigenvalue weighted by Gasteiger charge is -2.17. The van der Waals surface area contributed by atoms with Crippen molar-refractivity contribution in [2.24, 2.45) is 0 Å². The highest BCUT2D eigenvalue weighted by Gasteiger charge is 2.23. The zero-order chi connectivity index (χ0) is 20.0. The molecule has 0 radical (unpaired) electrons. The van der Waals surface area contributed by atoms with Gasteiger partial charge in [-0.3, -0.25) is 4.79 Å². The van der Waals surface area contributed by atoms with Crippen LogP contribution < -0.4 is 5.32 Å². The third kappa shape index (κ3) is 5.35. The van der Waals surface area contributed by atoms with Crippen molar-refractivity contribution in [1.82, 2.24) is 4.31 Å². The van der Waals surface area contributed by atoms with Crippen LogP contribution in [-0.2, 0) is 19.6 Å². The maximum absolute atomic E-state index is 12.9. The Bertz CT molecular complexity index is 912. The van der Waals surface area contributed by atoms with Gasteiger partial charge in [-0.2, -0.15) is 4.31 Å². The number of esters is 1. The lowest BCUT2D eigenvalue weighted by molar-refractivity contribution is -0.116. The Balaban J connectivity index is 2.00. The van der Waals surface area contributed by atoms with E-state index in [0.717, 1.165) is 28.6 Å². The topological polar surface area (TPSA) is 92.8 Å². The van der Waals surface area contributed by atoms with Crippen LogP contribution >= 0.6 is 0 Å². The van der Waals surface area contributed by atoms with E-state index in [-0.39, 0.29) is 11.5 Å². The molecule has 0 bridgehead atoms. The molecule has 0 aliphatic heterocycles. The number of likely N-dealkylation sites (N-methyl/N-ethyl adjacent to an activating group) is 1. The van der Waals surface area contributed by atoms with Gasteiger partial charge in [0.1, 0.15) is 5.82 Å². The van der Waals surface area contributed by atoms with Crippen LogP contribution in [-0.4, -0.2) is 44.8 Å². The van der Waals surface area contributed by atoms with E-state index in [4.69, 9.17) is 4.74 Å². The van der Waals surface area contributed by atoms with E-state index in [2.05, 4.69) is 5.32 Å². The van der Waals surface area contributed by atoms with Gasteiger partial charge in [0.2, 0.25) is 15.9 Å². The summed E-state index contributed by atoms with van der Waals surface area (Å²) in [5.41, 5.74) is 0.742. The number of rotatable bonds is 7. The minimum atomic E-state index is -3.92. The summed E-state index contributed by atoms with van der Waals surface area (Å²) >= 11 is 0. The molecule has 0 aliphatic carbocycles. The number of ether oxygens (including phenoxy) is 1. The summed E-state index contributed by atoms with van der Waals surface area (Å²) in [6.07, 6.45) is 0. The van der Waals surface area contributed by atoms with Crippen molar-refractivity contribution in [3.63, 3.8) is 0 Å². The largest absolute Gasteiger partial charge is 0.462 e. The molecule has 144 valence electrons. The number of carbonyl (C=O) groups excluding carboxylic acids is 2. The number of amides is 1. The first-order valence-corrected chi connectivity index (χ1v) is 9.47. The van der Waals surface area contributed by atoms with E-state index in [9.17, 15) is 22.4 Å². The van der Waals surface area contributed by atoms with Gasteiger partial charge >= 0.3 is 5.97 Å². The lowest BCUT2D eigenvalue weighted by Crippen LogP contribution is -2.34. The van der Waals surface area contributed by atoms with Crippen LogP contribution in [0.4, 0.5) is 10.1 Å². The molecule has 0 aliphatic rings. The van der Waals surface area contributed by atoms with Gasteiger partial charge in [0.25, 0.3) is 0 Å². The Morgan fingerprint density at radius 1 is 1.07 bits per heavy atom. The molecule has 0 fully saturated rings. The van der Waals surface area contributed by atoms with Gasteiger partial charge in [-0.1, -0.05) is 0 Å². The number of nitrogens with one attached hydrogen (secondary N) is 1. The van der Waals surface area contributed by atoms with Crippen molar-refractivity contribution in [1.29, 1.82) is 0 Å². The summed E-state index contributed by atoms with van der Waals surface area (Å²) in [6, 6.07) is 10.3. The van der Waals surface area contributed by atoms with Crippen molar-refractivity contribution < 1.29 is 27.1 Å². The molecular weight excluding hydrogens is 375 g/mol. The first-order chi connectivity index (χ1) is 12.7. The molecule has 27 heavy (non-hydrogen) atoms. The molecular formula is C18H19FN2O5S. The van der Waals surface area contributed by atoms with Crippen molar-refractivity contribution >= 4 is 27.6 Å². The highest BCUT2D eigenvalue weighted by atomic mass is 32.2. The summed E-state index contributed by atoms with van der Waals surface area (Å²) in [5.74, 6) is -1.59. The van der Waals surface area contributed by atoms with Gasteiger partial charge in [-0.15, -0.1) is 0 Å². The molecule has 0 unspecified atom stereocenters. The van der Waals surface area contributed by atoms with E-state index in [1.165, 1.54) is 31.3 Å². The Hall–Kier alpha value is -2.78. The minimum absolute atomic E-state index is 0.113. The van der Waals surface area contributed by atoms with Crippen LogP contribution in [0.3, 0.4) is 0 Å². The number of nitrogens with zero attached hydrogens (tertiary/aromatic N) is 1. The molecule has 0 aromatic heterocycles. The van der Waals surface area contributed by atoms with E-state index < -0.39 is 34.3 Å². The van der Waals surface area contributed by atoms with Gasteiger partial charge in [0, 0.05) is 12.7 Å². The Labute approximate surface area is 156 Å². The summed E-state index contributed by atoms with van der Waals surface area (Å²) in [7, 11) is -2.67. The Morgan fingerprint density at radius 3 is 2.22 bits per heavy atom. The molecule has 0 spiro atoms. The van der Waals surface area contributed by atoms with Crippen LogP contribution in [0, 0.1) is 5.82 Å². The first-order valence-electron chi connectivity index (χ1n) is 8.03. The van der Waals surface area contributed by atoms with Gasteiger partial charge in [-0.25, -0.2) is 17.6 Å². The van der Waals surface area contributed by atoms with Gasteiger partial charge in [-0.05, 0) is 55.5 Å². The fraction of sp³-hybridized carbons (Fsp3) is 0.222. The molecule has 2 aromatic rings. The van der Waals surface area contributed by atoms with E-state index >= 15 is 0 Å². The summed E-state index contributed by atoms with van der Waals surface area (Å²) in [4.78, 5) is 23.6. The fourth-order valence-electron chi connectivity index (χ4n) is 2.18. The second kappa shape index (κ2) is 8.74. The average molecular weight is 394 g/mol. The maximum atomic E-state index is 12.9. The number of halogens is 1. The third-order valence-corrected chi connectivity index (χ3v) is 5.39. The molecule has 0 atom stereocenters. The highest BCUT2D eigenvalue weighted by Crippen LogP contribution is 2.15. The van der Waals surface area contributed by atoms with Crippen molar-refractivity contribution in [2.45, 2.75) is 11.8 Å². The second-order valence-corrected chi connectivity index (χ2v) is 7.61. The van der Waals surface area contributed by atoms with Crippen molar-refractivity contribution in [2.75, 3.05) is 25.5 Å². The van der Waals surface area contributed by atoms with Crippen LogP contribution in [0.2, 0.25) is 0 Å². The molecule has 2 rings (SSSR count). The zero-order valence-electron chi connectivity index (χ0n) is 14.8. The minimum Gasteiger partial charge on any atom is -0.462 e. The van der Waals surface area contributed by atoms with Crippen LogP contribution in [0.1, 0.15) is 17.3 Å². The Kier molecular flexibility index (Phi) is 6.65. The maximum Gasteiger partial charge on any atom is 0.338 e. The van der Waals surface area contributed by atoms with E-state index in [1.54, 1.807) is 6.92 Å². The highest BCUT2D eigenvalue weighted by molar-refractivity contribution is 7.89. The smallest absolute Gasteiger partial charge is 0.338 e. The quantitative estimate of drug-likeness (QED) is 0.727. The SMILES string of the molecule is CCOC(=O)c1ccc(NC(=O)CN(C)S(=O)(=O)c2ccc(F)cc2)cc1.